The van der Waals surface area contributed by atoms with Gasteiger partial charge in [-0.15, -0.1) is 11.3 Å². The molecule has 1 aliphatic rings. The van der Waals surface area contributed by atoms with Crippen molar-refractivity contribution in [1.29, 1.82) is 0 Å². The minimum Gasteiger partial charge on any atom is -0.325 e. The lowest BCUT2D eigenvalue weighted by molar-refractivity contribution is -0.384. The number of carbonyl (C=O) groups excluding carboxylic acids is 1. The van der Waals surface area contributed by atoms with Crippen LogP contribution in [0.25, 0.3) is 0 Å². The van der Waals surface area contributed by atoms with Gasteiger partial charge < -0.3 is 5.32 Å². The Morgan fingerprint density at radius 1 is 1.22 bits per heavy atom. The second-order valence-electron chi connectivity index (χ2n) is 5.98. The van der Waals surface area contributed by atoms with Crippen LogP contribution in [0, 0.1) is 10.1 Å². The van der Waals surface area contributed by atoms with E-state index in [1.54, 1.807) is 0 Å². The van der Waals surface area contributed by atoms with Gasteiger partial charge in [0.1, 0.15) is 10.3 Å². The maximum absolute atomic E-state index is 12.9. The van der Waals surface area contributed by atoms with Crippen molar-refractivity contribution in [2.45, 2.75) is 29.5 Å². The SMILES string of the molecule is O=C(Nc1ccc([N+](=O)[O-])cc1)[C@H]1CCCCN1S(=O)(=O)c1ccc(Cl)s1. The topological polar surface area (TPSA) is 110 Å². The lowest BCUT2D eigenvalue weighted by atomic mass is 10.0. The molecule has 2 heterocycles. The number of thiophene rings is 1. The molecule has 144 valence electrons. The lowest BCUT2D eigenvalue weighted by Crippen LogP contribution is -2.49. The van der Waals surface area contributed by atoms with Crippen LogP contribution < -0.4 is 5.32 Å². The summed E-state index contributed by atoms with van der Waals surface area (Å²) in [4.78, 5) is 22.9. The third-order valence-electron chi connectivity index (χ3n) is 4.21. The Hall–Kier alpha value is -2.01. The number of benzene rings is 1. The number of nitrogens with one attached hydrogen (secondary N) is 1. The van der Waals surface area contributed by atoms with Gasteiger partial charge in [0, 0.05) is 24.4 Å². The smallest absolute Gasteiger partial charge is 0.269 e. The molecule has 11 heteroatoms. The van der Waals surface area contributed by atoms with Crippen molar-refractivity contribution in [1.82, 2.24) is 4.31 Å². The van der Waals surface area contributed by atoms with Gasteiger partial charge in [-0.3, -0.25) is 14.9 Å². The largest absolute Gasteiger partial charge is 0.325 e. The first-order valence-electron chi connectivity index (χ1n) is 8.11. The van der Waals surface area contributed by atoms with Gasteiger partial charge in [-0.1, -0.05) is 18.0 Å². The molecule has 0 aliphatic carbocycles. The van der Waals surface area contributed by atoms with Crippen LogP contribution in [0.5, 0.6) is 0 Å². The second kappa shape index (κ2) is 7.93. The highest BCUT2D eigenvalue weighted by Crippen LogP contribution is 2.32. The fraction of sp³-hybridized carbons (Fsp3) is 0.312. The Balaban J connectivity index is 1.80. The molecule has 1 amide bonds. The monoisotopic (exact) mass is 429 g/mol. The van der Waals surface area contributed by atoms with E-state index in [1.165, 1.54) is 40.7 Å². The number of halogens is 1. The van der Waals surface area contributed by atoms with Crippen LogP contribution in [0.2, 0.25) is 4.34 Å². The average molecular weight is 430 g/mol. The fourth-order valence-corrected chi connectivity index (χ4v) is 6.17. The standard InChI is InChI=1S/C16H16ClN3O5S2/c17-14-8-9-15(26-14)27(24,25)19-10-2-1-3-13(19)16(21)18-11-4-6-12(7-5-11)20(22)23/h4-9,13H,1-3,10H2,(H,18,21)/t13-/m1/s1. The predicted octanol–water partition coefficient (Wildman–Crippen LogP) is 3.49. The van der Waals surface area contributed by atoms with E-state index in [1.807, 2.05) is 0 Å². The van der Waals surface area contributed by atoms with Crippen molar-refractivity contribution in [3.63, 3.8) is 0 Å². The third-order valence-corrected chi connectivity index (χ3v) is 7.82. The summed E-state index contributed by atoms with van der Waals surface area (Å²) in [5, 5.41) is 13.4. The molecule has 1 N–H and O–H groups in total. The highest BCUT2D eigenvalue weighted by Gasteiger charge is 2.38. The maximum atomic E-state index is 12.9. The van der Waals surface area contributed by atoms with Gasteiger partial charge in [0.2, 0.25) is 5.91 Å². The Labute approximate surface area is 165 Å². The number of rotatable bonds is 5. The molecular formula is C16H16ClN3O5S2. The Morgan fingerprint density at radius 3 is 2.52 bits per heavy atom. The number of amides is 1. The van der Waals surface area contributed by atoms with E-state index >= 15 is 0 Å². The second-order valence-corrected chi connectivity index (χ2v) is 9.81. The van der Waals surface area contributed by atoms with E-state index in [9.17, 15) is 23.3 Å². The van der Waals surface area contributed by atoms with Crippen LogP contribution in [0.1, 0.15) is 19.3 Å². The van der Waals surface area contributed by atoms with Crippen molar-refractivity contribution in [2.24, 2.45) is 0 Å². The quantitative estimate of drug-likeness (QED) is 0.577. The number of nitrogens with zero attached hydrogens (tertiary/aromatic N) is 2. The number of hydrogen-bond donors (Lipinski definition) is 1. The van der Waals surface area contributed by atoms with Crippen LogP contribution in [0.3, 0.4) is 0 Å². The molecule has 0 spiro atoms. The van der Waals surface area contributed by atoms with E-state index in [-0.39, 0.29) is 16.4 Å². The Morgan fingerprint density at radius 2 is 1.93 bits per heavy atom. The van der Waals surface area contributed by atoms with E-state index in [2.05, 4.69) is 5.32 Å². The fourth-order valence-electron chi connectivity index (χ4n) is 2.90. The summed E-state index contributed by atoms with van der Waals surface area (Å²) < 4.78 is 27.5. The zero-order valence-electron chi connectivity index (χ0n) is 14.0. The van der Waals surface area contributed by atoms with Gasteiger partial charge in [0.05, 0.1) is 9.26 Å². The van der Waals surface area contributed by atoms with E-state index in [0.29, 0.717) is 22.9 Å². The molecule has 1 fully saturated rings. The average Bonchev–Trinajstić information content (AvgIpc) is 3.09. The highest BCUT2D eigenvalue weighted by atomic mass is 35.5. The molecule has 0 unspecified atom stereocenters. The van der Waals surface area contributed by atoms with Gasteiger partial charge in [0.25, 0.3) is 15.7 Å². The van der Waals surface area contributed by atoms with Crippen LogP contribution in [0.15, 0.2) is 40.6 Å². The molecule has 1 aliphatic heterocycles. The number of sulfonamides is 1. The molecular weight excluding hydrogens is 414 g/mol. The summed E-state index contributed by atoms with van der Waals surface area (Å²) in [7, 11) is -3.83. The molecule has 27 heavy (non-hydrogen) atoms. The summed E-state index contributed by atoms with van der Waals surface area (Å²) >= 11 is 6.81. The van der Waals surface area contributed by atoms with Gasteiger partial charge in [-0.2, -0.15) is 4.31 Å². The lowest BCUT2D eigenvalue weighted by Gasteiger charge is -2.33. The van der Waals surface area contributed by atoms with E-state index in [0.717, 1.165) is 17.8 Å². The van der Waals surface area contributed by atoms with Crippen LogP contribution >= 0.6 is 22.9 Å². The van der Waals surface area contributed by atoms with Crippen LogP contribution in [-0.4, -0.2) is 36.1 Å². The Bertz CT molecular complexity index is 959. The number of nitro groups is 1. The van der Waals surface area contributed by atoms with Crippen LogP contribution in [0.4, 0.5) is 11.4 Å². The van der Waals surface area contributed by atoms with E-state index < -0.39 is 26.9 Å². The first-order chi connectivity index (χ1) is 12.8. The molecule has 1 aromatic heterocycles. The Kier molecular flexibility index (Phi) is 5.80. The highest BCUT2D eigenvalue weighted by molar-refractivity contribution is 7.91. The summed E-state index contributed by atoms with van der Waals surface area (Å²) in [5.74, 6) is -0.463. The summed E-state index contributed by atoms with van der Waals surface area (Å²) in [5.41, 5.74) is 0.275. The molecule has 0 bridgehead atoms. The van der Waals surface area contributed by atoms with E-state index in [4.69, 9.17) is 11.6 Å². The number of piperidine rings is 1. The molecule has 2 aromatic rings. The normalized spacial score (nSPS) is 18.2. The summed E-state index contributed by atoms with van der Waals surface area (Å²) in [6.45, 7) is 0.246. The van der Waals surface area contributed by atoms with Gasteiger partial charge >= 0.3 is 0 Å². The minimum atomic E-state index is -3.83. The van der Waals surface area contributed by atoms with Crippen molar-refractivity contribution < 1.29 is 18.1 Å². The van der Waals surface area contributed by atoms with Crippen molar-refractivity contribution >= 4 is 50.2 Å². The number of non-ortho nitro benzene ring substituents is 1. The first-order valence-corrected chi connectivity index (χ1v) is 10.7. The van der Waals surface area contributed by atoms with Crippen molar-refractivity contribution in [3.05, 3.63) is 50.8 Å². The molecule has 1 atom stereocenters. The molecule has 8 nitrogen and oxygen atoms in total. The first kappa shape index (κ1) is 19.7. The number of carbonyl (C=O) groups is 1. The minimum absolute atomic E-state index is 0.0931. The number of nitro benzene ring substituents is 1. The molecule has 0 saturated carbocycles. The number of anilines is 1. The van der Waals surface area contributed by atoms with Gasteiger partial charge in [0.15, 0.2) is 0 Å². The molecule has 0 radical (unpaired) electrons. The van der Waals surface area contributed by atoms with Crippen molar-refractivity contribution in [2.75, 3.05) is 11.9 Å². The molecule has 3 rings (SSSR count). The summed E-state index contributed by atoms with van der Waals surface area (Å²) in [6.07, 6.45) is 1.80. The van der Waals surface area contributed by atoms with Gasteiger partial charge in [-0.05, 0) is 37.1 Å². The van der Waals surface area contributed by atoms with Crippen LogP contribution in [-0.2, 0) is 14.8 Å². The number of hydrogen-bond acceptors (Lipinski definition) is 6. The maximum Gasteiger partial charge on any atom is 0.269 e. The predicted molar refractivity (Wildman–Crippen MR) is 103 cm³/mol. The molecule has 1 saturated heterocycles. The third kappa shape index (κ3) is 4.29. The zero-order chi connectivity index (χ0) is 19.6. The zero-order valence-corrected chi connectivity index (χ0v) is 16.4. The molecule has 1 aromatic carbocycles. The summed E-state index contributed by atoms with van der Waals surface area (Å²) in [6, 6.07) is 7.47. The van der Waals surface area contributed by atoms with Crippen molar-refractivity contribution in [3.8, 4) is 0 Å². The van der Waals surface area contributed by atoms with Gasteiger partial charge in [-0.25, -0.2) is 8.42 Å².